The number of ether oxygens (including phenoxy) is 2. The molecule has 0 fully saturated rings. The molecular weight excluding hydrogens is 312 g/mol. The molecule has 25 heavy (non-hydrogen) atoms. The lowest BCUT2D eigenvalue weighted by atomic mass is 10.0. The van der Waals surface area contributed by atoms with Crippen molar-refractivity contribution in [2.24, 2.45) is 0 Å². The van der Waals surface area contributed by atoms with Crippen LogP contribution in [0, 0.1) is 0 Å². The van der Waals surface area contributed by atoms with Crippen LogP contribution in [0.5, 0.6) is 5.75 Å². The SMILES string of the molecule is C=C(Oc1ccc(CCCCCCCCC)cc1)C(=O)OCCCC. The molecule has 0 aliphatic carbocycles. The number of esters is 1. The Balaban J connectivity index is 2.24. The van der Waals surface area contributed by atoms with Crippen molar-refractivity contribution < 1.29 is 14.3 Å². The fourth-order valence-corrected chi connectivity index (χ4v) is 2.58. The van der Waals surface area contributed by atoms with E-state index in [1.54, 1.807) is 0 Å². The lowest BCUT2D eigenvalue weighted by Crippen LogP contribution is -2.12. The first-order valence-electron chi connectivity index (χ1n) is 9.80. The second kappa shape index (κ2) is 13.5. The Morgan fingerprint density at radius 3 is 2.12 bits per heavy atom. The smallest absolute Gasteiger partial charge is 0.373 e. The van der Waals surface area contributed by atoms with Crippen molar-refractivity contribution in [3.63, 3.8) is 0 Å². The lowest BCUT2D eigenvalue weighted by molar-refractivity contribution is -0.141. The number of hydrogen-bond acceptors (Lipinski definition) is 3. The molecule has 0 heterocycles. The van der Waals surface area contributed by atoms with Gasteiger partial charge in [-0.25, -0.2) is 4.79 Å². The summed E-state index contributed by atoms with van der Waals surface area (Å²) in [5.74, 6) is 0.178. The van der Waals surface area contributed by atoms with Crippen molar-refractivity contribution in [2.75, 3.05) is 6.61 Å². The monoisotopic (exact) mass is 346 g/mol. The van der Waals surface area contributed by atoms with E-state index in [1.807, 2.05) is 19.1 Å². The molecule has 3 heteroatoms. The van der Waals surface area contributed by atoms with E-state index in [0.29, 0.717) is 12.4 Å². The molecule has 0 amide bonds. The molecule has 0 saturated heterocycles. The average Bonchev–Trinajstić information content (AvgIpc) is 2.62. The zero-order chi connectivity index (χ0) is 18.3. The first-order chi connectivity index (χ1) is 12.2. The highest BCUT2D eigenvalue weighted by atomic mass is 16.6. The maximum Gasteiger partial charge on any atom is 0.373 e. The maximum atomic E-state index is 11.7. The van der Waals surface area contributed by atoms with E-state index in [9.17, 15) is 4.79 Å². The van der Waals surface area contributed by atoms with E-state index >= 15 is 0 Å². The number of unbranched alkanes of at least 4 members (excludes halogenated alkanes) is 7. The molecule has 0 spiro atoms. The number of benzene rings is 1. The molecule has 0 saturated carbocycles. The van der Waals surface area contributed by atoms with Crippen molar-refractivity contribution in [1.29, 1.82) is 0 Å². The number of hydrogen-bond donors (Lipinski definition) is 0. The number of aryl methyl sites for hydroxylation is 1. The summed E-state index contributed by atoms with van der Waals surface area (Å²) in [5.41, 5.74) is 1.30. The van der Waals surface area contributed by atoms with Crippen LogP contribution in [0.1, 0.15) is 77.2 Å². The van der Waals surface area contributed by atoms with Gasteiger partial charge in [0.25, 0.3) is 0 Å². The van der Waals surface area contributed by atoms with E-state index in [-0.39, 0.29) is 5.76 Å². The number of carbonyl (C=O) groups excluding carboxylic acids is 1. The molecular formula is C22H34O3. The van der Waals surface area contributed by atoms with Gasteiger partial charge in [-0.2, -0.15) is 0 Å². The maximum absolute atomic E-state index is 11.7. The highest BCUT2D eigenvalue weighted by Gasteiger charge is 2.10. The summed E-state index contributed by atoms with van der Waals surface area (Å²) in [4.78, 5) is 11.7. The Morgan fingerprint density at radius 1 is 0.880 bits per heavy atom. The van der Waals surface area contributed by atoms with Crippen LogP contribution in [-0.2, 0) is 16.0 Å². The molecule has 0 atom stereocenters. The third-order valence-electron chi connectivity index (χ3n) is 4.19. The van der Waals surface area contributed by atoms with E-state index in [4.69, 9.17) is 9.47 Å². The van der Waals surface area contributed by atoms with Crippen LogP contribution in [0.3, 0.4) is 0 Å². The largest absolute Gasteiger partial charge is 0.460 e. The molecule has 0 bridgehead atoms. The van der Waals surface area contributed by atoms with Crippen LogP contribution in [-0.4, -0.2) is 12.6 Å². The first kappa shape index (κ1) is 21.3. The fourth-order valence-electron chi connectivity index (χ4n) is 2.58. The Bertz CT molecular complexity index is 490. The van der Waals surface area contributed by atoms with Crippen LogP contribution in [0.4, 0.5) is 0 Å². The van der Waals surface area contributed by atoms with Gasteiger partial charge in [0.1, 0.15) is 5.75 Å². The van der Waals surface area contributed by atoms with Crippen molar-refractivity contribution >= 4 is 5.97 Å². The summed E-state index contributed by atoms with van der Waals surface area (Å²) in [6.45, 7) is 8.35. The van der Waals surface area contributed by atoms with E-state index in [0.717, 1.165) is 19.3 Å². The van der Waals surface area contributed by atoms with Gasteiger partial charge >= 0.3 is 5.97 Å². The summed E-state index contributed by atoms with van der Waals surface area (Å²) < 4.78 is 10.6. The van der Waals surface area contributed by atoms with Gasteiger partial charge < -0.3 is 9.47 Å². The van der Waals surface area contributed by atoms with Crippen molar-refractivity contribution in [3.05, 3.63) is 42.2 Å². The highest BCUT2D eigenvalue weighted by molar-refractivity contribution is 5.86. The fraction of sp³-hybridized carbons (Fsp3) is 0.591. The van der Waals surface area contributed by atoms with Crippen LogP contribution in [0.2, 0.25) is 0 Å². The van der Waals surface area contributed by atoms with E-state index in [2.05, 4.69) is 25.6 Å². The standard InChI is InChI=1S/C22H34O3/c1-4-6-8-9-10-11-12-13-20-14-16-21(17-15-20)25-19(3)22(23)24-18-7-5-2/h14-17H,3-13,18H2,1-2H3. The van der Waals surface area contributed by atoms with Crippen molar-refractivity contribution in [3.8, 4) is 5.75 Å². The highest BCUT2D eigenvalue weighted by Crippen LogP contribution is 2.17. The summed E-state index contributed by atoms with van der Waals surface area (Å²) in [7, 11) is 0. The van der Waals surface area contributed by atoms with Gasteiger partial charge in [-0.1, -0.05) is 70.9 Å². The van der Waals surface area contributed by atoms with Crippen molar-refractivity contribution in [2.45, 2.75) is 78.1 Å². The minimum atomic E-state index is -0.486. The van der Waals surface area contributed by atoms with Gasteiger partial charge in [0.15, 0.2) is 0 Å². The van der Waals surface area contributed by atoms with Gasteiger partial charge in [0, 0.05) is 0 Å². The summed E-state index contributed by atoms with van der Waals surface area (Å²) in [6, 6.07) is 7.90. The first-order valence-corrected chi connectivity index (χ1v) is 9.80. The molecule has 3 nitrogen and oxygen atoms in total. The second-order valence-electron chi connectivity index (χ2n) is 6.53. The van der Waals surface area contributed by atoms with Gasteiger partial charge in [-0.15, -0.1) is 0 Å². The van der Waals surface area contributed by atoms with E-state index < -0.39 is 5.97 Å². The average molecular weight is 347 g/mol. The Morgan fingerprint density at radius 2 is 1.48 bits per heavy atom. The van der Waals surface area contributed by atoms with E-state index in [1.165, 1.54) is 50.5 Å². The molecule has 140 valence electrons. The molecule has 0 unspecified atom stereocenters. The number of rotatable bonds is 14. The molecule has 0 N–H and O–H groups in total. The van der Waals surface area contributed by atoms with Gasteiger partial charge in [0.05, 0.1) is 6.61 Å². The van der Waals surface area contributed by atoms with Crippen molar-refractivity contribution in [1.82, 2.24) is 0 Å². The summed E-state index contributed by atoms with van der Waals surface area (Å²) >= 11 is 0. The zero-order valence-corrected chi connectivity index (χ0v) is 16.0. The zero-order valence-electron chi connectivity index (χ0n) is 16.0. The van der Waals surface area contributed by atoms with Gasteiger partial charge in [-0.05, 0) is 43.5 Å². The third-order valence-corrected chi connectivity index (χ3v) is 4.19. The molecule has 0 radical (unpaired) electrons. The quantitative estimate of drug-likeness (QED) is 0.174. The predicted octanol–water partition coefficient (Wildman–Crippen LogP) is 6.22. The third kappa shape index (κ3) is 9.96. The van der Waals surface area contributed by atoms with Gasteiger partial charge in [-0.3, -0.25) is 0 Å². The normalized spacial score (nSPS) is 10.5. The Labute approximate surface area is 153 Å². The molecule has 1 aromatic carbocycles. The summed E-state index contributed by atoms with van der Waals surface area (Å²) in [5, 5.41) is 0. The van der Waals surface area contributed by atoms with Crippen LogP contribution < -0.4 is 4.74 Å². The Kier molecular flexibility index (Phi) is 11.5. The lowest BCUT2D eigenvalue weighted by Gasteiger charge is -2.09. The molecule has 0 aliphatic heterocycles. The summed E-state index contributed by atoms with van der Waals surface area (Å²) in [6.07, 6.45) is 12.2. The predicted molar refractivity (Wildman–Crippen MR) is 104 cm³/mol. The van der Waals surface area contributed by atoms with Crippen LogP contribution in [0.25, 0.3) is 0 Å². The molecule has 1 aromatic rings. The minimum absolute atomic E-state index is 0.0379. The molecule has 0 aromatic heterocycles. The molecule has 1 rings (SSSR count). The molecule has 0 aliphatic rings. The van der Waals surface area contributed by atoms with Crippen LogP contribution in [0.15, 0.2) is 36.6 Å². The van der Waals surface area contributed by atoms with Crippen LogP contribution >= 0.6 is 0 Å². The number of carbonyl (C=O) groups is 1. The Hall–Kier alpha value is -1.77. The minimum Gasteiger partial charge on any atom is -0.460 e. The van der Waals surface area contributed by atoms with Gasteiger partial charge in [0.2, 0.25) is 5.76 Å². The topological polar surface area (TPSA) is 35.5 Å². The second-order valence-corrected chi connectivity index (χ2v) is 6.53.